The van der Waals surface area contributed by atoms with Gasteiger partial charge in [0.15, 0.2) is 0 Å². The zero-order valence-corrected chi connectivity index (χ0v) is 9.56. The van der Waals surface area contributed by atoms with Crippen LogP contribution in [0.4, 0.5) is 13.6 Å². The molecule has 3 amide bonds. The molecule has 0 saturated carbocycles. The maximum absolute atomic E-state index is 12.3. The molecule has 1 aliphatic heterocycles. The van der Waals surface area contributed by atoms with Crippen LogP contribution in [0.2, 0.25) is 0 Å². The number of amides is 3. The number of alkyl halides is 2. The third kappa shape index (κ3) is 1.92. The maximum Gasteiger partial charge on any atom is 0.325 e. The van der Waals surface area contributed by atoms with Crippen molar-refractivity contribution in [2.75, 3.05) is 6.54 Å². The molecule has 1 unspecified atom stereocenters. The van der Waals surface area contributed by atoms with E-state index in [0.717, 1.165) is 0 Å². The van der Waals surface area contributed by atoms with Crippen molar-refractivity contribution in [2.24, 2.45) is 0 Å². The second kappa shape index (κ2) is 4.32. The molecule has 1 aliphatic rings. The molecule has 2 rings (SSSR count). The van der Waals surface area contributed by atoms with Gasteiger partial charge in [-0.3, -0.25) is 14.7 Å². The lowest BCUT2D eigenvalue weighted by Crippen LogP contribution is -2.41. The lowest BCUT2D eigenvalue weighted by Gasteiger charge is -2.21. The lowest BCUT2D eigenvalue weighted by atomic mass is 9.94. The molecule has 1 fully saturated rings. The molecule has 0 bridgehead atoms. The normalized spacial score (nSPS) is 23.7. The van der Waals surface area contributed by atoms with E-state index >= 15 is 0 Å². The number of urea groups is 1. The van der Waals surface area contributed by atoms with Gasteiger partial charge < -0.3 is 5.32 Å². The summed E-state index contributed by atoms with van der Waals surface area (Å²) < 4.78 is 24.6. The van der Waals surface area contributed by atoms with Crippen molar-refractivity contribution in [1.29, 1.82) is 0 Å². The third-order valence-electron chi connectivity index (χ3n) is 2.83. The van der Waals surface area contributed by atoms with Gasteiger partial charge in [0.25, 0.3) is 12.3 Å². The number of carbonyl (C=O) groups is 2. The van der Waals surface area contributed by atoms with Crippen molar-refractivity contribution in [3.63, 3.8) is 0 Å². The summed E-state index contributed by atoms with van der Waals surface area (Å²) in [4.78, 5) is 28.0. The SMILES string of the molecule is CC1(c2cccnc2)NC(=O)N(CC(F)F)C1=O. The van der Waals surface area contributed by atoms with Gasteiger partial charge in [-0.2, -0.15) is 0 Å². The highest BCUT2D eigenvalue weighted by Gasteiger charge is 2.49. The van der Waals surface area contributed by atoms with E-state index in [9.17, 15) is 18.4 Å². The Morgan fingerprint density at radius 2 is 2.22 bits per heavy atom. The van der Waals surface area contributed by atoms with E-state index in [1.54, 1.807) is 12.1 Å². The van der Waals surface area contributed by atoms with E-state index in [4.69, 9.17) is 0 Å². The highest BCUT2D eigenvalue weighted by molar-refractivity contribution is 6.07. The van der Waals surface area contributed by atoms with E-state index in [0.29, 0.717) is 10.5 Å². The molecule has 1 N–H and O–H groups in total. The molecule has 2 heterocycles. The largest absolute Gasteiger partial charge is 0.325 e. The highest BCUT2D eigenvalue weighted by Crippen LogP contribution is 2.28. The number of aromatic nitrogens is 1. The van der Waals surface area contributed by atoms with Crippen LogP contribution in [0.3, 0.4) is 0 Å². The molecule has 0 aliphatic carbocycles. The molecule has 7 heteroatoms. The predicted octanol–water partition coefficient (Wildman–Crippen LogP) is 1.11. The van der Waals surface area contributed by atoms with E-state index in [2.05, 4.69) is 10.3 Å². The lowest BCUT2D eigenvalue weighted by molar-refractivity contribution is -0.132. The second-order valence-electron chi connectivity index (χ2n) is 4.10. The summed E-state index contributed by atoms with van der Waals surface area (Å²) in [6, 6.07) is 2.40. The van der Waals surface area contributed by atoms with Crippen LogP contribution in [0.25, 0.3) is 0 Å². The fourth-order valence-electron chi connectivity index (χ4n) is 1.85. The van der Waals surface area contributed by atoms with E-state index in [1.807, 2.05) is 0 Å². The van der Waals surface area contributed by atoms with Crippen LogP contribution in [0, 0.1) is 0 Å². The zero-order chi connectivity index (χ0) is 13.3. The van der Waals surface area contributed by atoms with Gasteiger partial charge in [-0.25, -0.2) is 13.6 Å². The maximum atomic E-state index is 12.3. The van der Waals surface area contributed by atoms with Gasteiger partial charge in [0.05, 0.1) is 6.54 Å². The Hall–Kier alpha value is -2.05. The minimum absolute atomic E-state index is 0.458. The van der Waals surface area contributed by atoms with Gasteiger partial charge in [0.2, 0.25) is 0 Å². The van der Waals surface area contributed by atoms with E-state index in [1.165, 1.54) is 19.3 Å². The summed E-state index contributed by atoms with van der Waals surface area (Å²) in [5, 5.41) is 2.42. The number of hydrogen-bond donors (Lipinski definition) is 1. The van der Waals surface area contributed by atoms with Crippen molar-refractivity contribution in [3.05, 3.63) is 30.1 Å². The van der Waals surface area contributed by atoms with Crippen LogP contribution in [-0.2, 0) is 10.3 Å². The van der Waals surface area contributed by atoms with Crippen molar-refractivity contribution < 1.29 is 18.4 Å². The van der Waals surface area contributed by atoms with Crippen molar-refractivity contribution in [3.8, 4) is 0 Å². The van der Waals surface area contributed by atoms with Crippen LogP contribution in [-0.4, -0.2) is 34.8 Å². The Balaban J connectivity index is 2.32. The molecule has 5 nitrogen and oxygen atoms in total. The minimum atomic E-state index is -2.75. The number of imide groups is 1. The third-order valence-corrected chi connectivity index (χ3v) is 2.83. The van der Waals surface area contributed by atoms with Crippen molar-refractivity contribution >= 4 is 11.9 Å². The molecule has 1 aromatic rings. The molecule has 1 saturated heterocycles. The Morgan fingerprint density at radius 3 is 2.78 bits per heavy atom. The number of pyridine rings is 1. The van der Waals surface area contributed by atoms with Gasteiger partial charge in [0.1, 0.15) is 5.54 Å². The van der Waals surface area contributed by atoms with Crippen molar-refractivity contribution in [2.45, 2.75) is 18.9 Å². The summed E-state index contributed by atoms with van der Waals surface area (Å²) in [6.45, 7) is 0.566. The molecule has 1 aromatic heterocycles. The fraction of sp³-hybridized carbons (Fsp3) is 0.364. The zero-order valence-electron chi connectivity index (χ0n) is 9.56. The van der Waals surface area contributed by atoms with Gasteiger partial charge in [0, 0.05) is 18.0 Å². The Kier molecular flexibility index (Phi) is 2.98. The summed E-state index contributed by atoms with van der Waals surface area (Å²) in [7, 11) is 0. The van der Waals surface area contributed by atoms with Gasteiger partial charge >= 0.3 is 6.03 Å². The average molecular weight is 255 g/mol. The molecule has 18 heavy (non-hydrogen) atoms. The minimum Gasteiger partial charge on any atom is -0.319 e. The van der Waals surface area contributed by atoms with Gasteiger partial charge in [-0.15, -0.1) is 0 Å². The second-order valence-corrected chi connectivity index (χ2v) is 4.10. The Bertz CT molecular complexity index is 480. The quantitative estimate of drug-likeness (QED) is 0.823. The first-order valence-electron chi connectivity index (χ1n) is 5.28. The molecule has 1 atom stereocenters. The van der Waals surface area contributed by atoms with Crippen LogP contribution >= 0.6 is 0 Å². The number of rotatable bonds is 3. The monoisotopic (exact) mass is 255 g/mol. The number of nitrogens with zero attached hydrogens (tertiary/aromatic N) is 2. The highest BCUT2D eigenvalue weighted by atomic mass is 19.3. The number of halogens is 2. The fourth-order valence-corrected chi connectivity index (χ4v) is 1.85. The smallest absolute Gasteiger partial charge is 0.319 e. The summed E-state index contributed by atoms with van der Waals surface area (Å²) in [5.41, 5.74) is -0.875. The topological polar surface area (TPSA) is 62.3 Å². The standard InChI is InChI=1S/C11H11F2N3O2/c1-11(7-3-2-4-14-5-7)9(17)16(6-8(12)13)10(18)15-11/h2-5,8H,6H2,1H3,(H,15,18). The van der Waals surface area contributed by atoms with Crippen LogP contribution in [0.5, 0.6) is 0 Å². The van der Waals surface area contributed by atoms with E-state index in [-0.39, 0.29) is 0 Å². The number of carbonyl (C=O) groups excluding carboxylic acids is 2. The molecule has 0 aromatic carbocycles. The van der Waals surface area contributed by atoms with Gasteiger partial charge in [-0.1, -0.05) is 6.07 Å². The van der Waals surface area contributed by atoms with Crippen LogP contribution in [0.1, 0.15) is 12.5 Å². The first-order valence-corrected chi connectivity index (χ1v) is 5.28. The molecule has 0 radical (unpaired) electrons. The number of nitrogens with one attached hydrogen (secondary N) is 1. The van der Waals surface area contributed by atoms with Crippen molar-refractivity contribution in [1.82, 2.24) is 15.2 Å². The number of hydrogen-bond acceptors (Lipinski definition) is 3. The van der Waals surface area contributed by atoms with E-state index < -0.39 is 30.4 Å². The van der Waals surface area contributed by atoms with Crippen LogP contribution < -0.4 is 5.32 Å². The predicted molar refractivity (Wildman–Crippen MR) is 57.8 cm³/mol. The summed E-state index contributed by atoms with van der Waals surface area (Å²) >= 11 is 0. The average Bonchev–Trinajstić information content (AvgIpc) is 2.55. The molecular formula is C11H11F2N3O2. The van der Waals surface area contributed by atoms with Gasteiger partial charge in [-0.05, 0) is 13.0 Å². The Morgan fingerprint density at radius 1 is 1.50 bits per heavy atom. The van der Waals surface area contributed by atoms with Crippen LogP contribution in [0.15, 0.2) is 24.5 Å². The molecular weight excluding hydrogens is 244 g/mol. The summed E-state index contributed by atoms with van der Waals surface area (Å²) in [5.74, 6) is -0.694. The Labute approximate surface area is 102 Å². The molecule has 96 valence electrons. The molecule has 0 spiro atoms. The summed E-state index contributed by atoms with van der Waals surface area (Å²) in [6.07, 6.45) is 0.186. The first kappa shape index (κ1) is 12.4. The first-order chi connectivity index (χ1) is 8.45.